The van der Waals surface area contributed by atoms with Gasteiger partial charge < -0.3 is 0 Å². The van der Waals surface area contributed by atoms with Gasteiger partial charge in [0.05, 0.1) is 0 Å². The van der Waals surface area contributed by atoms with Gasteiger partial charge in [-0.2, -0.15) is 0 Å². The van der Waals surface area contributed by atoms with Gasteiger partial charge in [-0.05, 0) is 0 Å². The SMILES string of the molecule is Br.Br.[Bi][c]1ccccc1. The molecular formula is C6H7BiBr2. The summed E-state index contributed by atoms with van der Waals surface area (Å²) in [5, 5.41) is 0. The molecule has 1 rings (SSSR count). The predicted octanol–water partition coefficient (Wildman–Crippen LogP) is 1.64. The summed E-state index contributed by atoms with van der Waals surface area (Å²) in [5.41, 5.74) is 0. The number of hydrogen-bond donors (Lipinski definition) is 0. The molecule has 50 valence electrons. The summed E-state index contributed by atoms with van der Waals surface area (Å²) in [6.45, 7) is 0. The van der Waals surface area contributed by atoms with Gasteiger partial charge in [0, 0.05) is 0 Å². The minimum atomic E-state index is 0. The van der Waals surface area contributed by atoms with Gasteiger partial charge in [-0.25, -0.2) is 0 Å². The van der Waals surface area contributed by atoms with Crippen molar-refractivity contribution in [1.82, 2.24) is 0 Å². The van der Waals surface area contributed by atoms with E-state index in [1.165, 1.54) is 28.0 Å². The van der Waals surface area contributed by atoms with E-state index in [0.717, 1.165) is 0 Å². The molecule has 0 nitrogen and oxygen atoms in total. The van der Waals surface area contributed by atoms with Crippen LogP contribution in [0.25, 0.3) is 0 Å². The van der Waals surface area contributed by atoms with Crippen molar-refractivity contribution < 1.29 is 0 Å². The van der Waals surface area contributed by atoms with Gasteiger partial charge in [-0.3, -0.25) is 0 Å². The van der Waals surface area contributed by atoms with E-state index < -0.39 is 0 Å². The molecule has 0 saturated carbocycles. The van der Waals surface area contributed by atoms with Gasteiger partial charge in [0.15, 0.2) is 0 Å². The summed E-state index contributed by atoms with van der Waals surface area (Å²) >= 11 is 1.36. The fourth-order valence-electron chi connectivity index (χ4n) is 0.428. The minimum absolute atomic E-state index is 0. The van der Waals surface area contributed by atoms with Crippen LogP contribution in [0.1, 0.15) is 0 Å². The maximum atomic E-state index is 2.13. The summed E-state index contributed by atoms with van der Waals surface area (Å²) < 4.78 is 1.43. The molecule has 1 aromatic carbocycles. The monoisotopic (exact) mass is 446 g/mol. The molecular weight excluding hydrogens is 441 g/mol. The Bertz CT molecular complexity index is 141. The van der Waals surface area contributed by atoms with E-state index in [1.54, 1.807) is 0 Å². The van der Waals surface area contributed by atoms with Crippen LogP contribution in [-0.2, 0) is 0 Å². The van der Waals surface area contributed by atoms with E-state index in [2.05, 4.69) is 24.3 Å². The summed E-state index contributed by atoms with van der Waals surface area (Å²) in [5.74, 6) is 0. The fourth-order valence-corrected chi connectivity index (χ4v) is 1.10. The van der Waals surface area contributed by atoms with Crippen LogP contribution in [0.15, 0.2) is 30.3 Å². The van der Waals surface area contributed by atoms with Gasteiger partial charge in [0.25, 0.3) is 0 Å². The Hall–Kier alpha value is 1.06. The third-order valence-corrected chi connectivity index (χ3v) is 1.92. The van der Waals surface area contributed by atoms with Crippen LogP contribution >= 0.6 is 34.0 Å². The molecule has 2 radical (unpaired) electrons. The molecule has 0 aliphatic heterocycles. The summed E-state index contributed by atoms with van der Waals surface area (Å²) in [7, 11) is 0. The molecule has 0 unspecified atom stereocenters. The normalized spacial score (nSPS) is 6.78. The van der Waals surface area contributed by atoms with E-state index in [-0.39, 0.29) is 34.0 Å². The third-order valence-electron chi connectivity index (χ3n) is 0.756. The van der Waals surface area contributed by atoms with Crippen molar-refractivity contribution in [1.29, 1.82) is 0 Å². The Morgan fingerprint density at radius 2 is 1.33 bits per heavy atom. The molecule has 0 fully saturated rings. The molecule has 0 heterocycles. The van der Waals surface area contributed by atoms with Crippen LogP contribution in [0.2, 0.25) is 0 Å². The predicted molar refractivity (Wildman–Crippen MR) is 52.5 cm³/mol. The number of benzene rings is 1. The third kappa shape index (κ3) is 5.50. The van der Waals surface area contributed by atoms with Crippen molar-refractivity contribution in [3.63, 3.8) is 0 Å². The Balaban J connectivity index is 0. The molecule has 0 bridgehead atoms. The molecule has 0 amide bonds. The van der Waals surface area contributed by atoms with Crippen molar-refractivity contribution in [2.24, 2.45) is 0 Å². The summed E-state index contributed by atoms with van der Waals surface area (Å²) in [6, 6.07) is 10.4. The van der Waals surface area contributed by atoms with Crippen LogP contribution in [0, 0.1) is 0 Å². The first kappa shape index (κ1) is 12.7. The quantitative estimate of drug-likeness (QED) is 0.530. The number of halogens is 2. The molecule has 0 saturated heterocycles. The van der Waals surface area contributed by atoms with E-state index in [9.17, 15) is 0 Å². The Kier molecular flexibility index (Phi) is 10.1. The van der Waals surface area contributed by atoms with Gasteiger partial charge in [-0.15, -0.1) is 34.0 Å². The molecule has 0 spiro atoms. The molecule has 0 aliphatic rings. The van der Waals surface area contributed by atoms with Gasteiger partial charge in [0.1, 0.15) is 0 Å². The van der Waals surface area contributed by atoms with Crippen LogP contribution in [0.4, 0.5) is 0 Å². The van der Waals surface area contributed by atoms with Crippen LogP contribution in [0.5, 0.6) is 0 Å². The van der Waals surface area contributed by atoms with E-state index in [1.807, 2.05) is 6.07 Å². The molecule has 0 aromatic heterocycles. The topological polar surface area (TPSA) is 0 Å². The molecule has 3 heteroatoms. The van der Waals surface area contributed by atoms with Gasteiger partial charge in [0.2, 0.25) is 0 Å². The summed E-state index contributed by atoms with van der Waals surface area (Å²) in [4.78, 5) is 0. The Morgan fingerprint density at radius 1 is 0.889 bits per heavy atom. The second-order valence-corrected chi connectivity index (χ2v) is 3.34. The first-order chi connectivity index (χ1) is 3.39. The maximum absolute atomic E-state index is 2.13. The number of rotatable bonds is 0. The molecule has 0 atom stereocenters. The van der Waals surface area contributed by atoms with Crippen molar-refractivity contribution in [3.05, 3.63) is 30.3 Å². The van der Waals surface area contributed by atoms with E-state index >= 15 is 0 Å². The second kappa shape index (κ2) is 7.17. The molecule has 9 heavy (non-hydrogen) atoms. The van der Waals surface area contributed by atoms with E-state index in [0.29, 0.717) is 0 Å². The van der Waals surface area contributed by atoms with Crippen LogP contribution < -0.4 is 3.27 Å². The zero-order valence-corrected chi connectivity index (χ0v) is 11.6. The molecule has 1 aromatic rings. The van der Waals surface area contributed by atoms with Gasteiger partial charge in [-0.1, -0.05) is 0 Å². The fraction of sp³-hybridized carbons (Fsp3) is 0. The van der Waals surface area contributed by atoms with Gasteiger partial charge >= 0.3 is 58.3 Å². The van der Waals surface area contributed by atoms with Crippen LogP contribution in [0.3, 0.4) is 0 Å². The van der Waals surface area contributed by atoms with Crippen molar-refractivity contribution in [2.45, 2.75) is 0 Å². The second-order valence-electron chi connectivity index (χ2n) is 1.34. The van der Waals surface area contributed by atoms with Crippen molar-refractivity contribution in [2.75, 3.05) is 0 Å². The molecule has 0 aliphatic carbocycles. The zero-order chi connectivity index (χ0) is 5.11. The average molecular weight is 448 g/mol. The molecule has 0 N–H and O–H groups in total. The first-order valence-electron chi connectivity index (χ1n) is 2.13. The number of hydrogen-bond acceptors (Lipinski definition) is 0. The zero-order valence-electron chi connectivity index (χ0n) is 4.65. The van der Waals surface area contributed by atoms with E-state index in [4.69, 9.17) is 0 Å². The van der Waals surface area contributed by atoms with Crippen LogP contribution in [-0.4, -0.2) is 24.7 Å². The van der Waals surface area contributed by atoms with Crippen molar-refractivity contribution in [3.8, 4) is 0 Å². The Morgan fingerprint density at radius 3 is 1.56 bits per heavy atom. The summed E-state index contributed by atoms with van der Waals surface area (Å²) in [6.07, 6.45) is 0. The average Bonchev–Trinajstić information content (AvgIpc) is 1.69. The van der Waals surface area contributed by atoms with Crippen molar-refractivity contribution >= 4 is 62.0 Å². The first-order valence-corrected chi connectivity index (χ1v) is 3.87. The standard InChI is InChI=1S/C6H5.Bi.2BrH/c1-2-4-6-5-3-1;;;/h1-5H;;2*1H. The Labute approximate surface area is 91.4 Å².